The summed E-state index contributed by atoms with van der Waals surface area (Å²) >= 11 is 0. The standard InChI is InChI=1S/C17H18N4O2/c1-11-13(9-19-21(11)17-4-2-3-7-23-17)16-10-18-15-8-12(22)5-6-14(15)20-16/h5-6,8-10,17,22H,2-4,7H2,1H3. The van der Waals surface area contributed by atoms with Crippen molar-refractivity contribution >= 4 is 11.0 Å². The van der Waals surface area contributed by atoms with Gasteiger partial charge in [0, 0.05) is 23.9 Å². The van der Waals surface area contributed by atoms with Crippen molar-refractivity contribution in [2.45, 2.75) is 32.4 Å². The predicted molar refractivity (Wildman–Crippen MR) is 86.0 cm³/mol. The Morgan fingerprint density at radius 2 is 2.13 bits per heavy atom. The molecule has 1 atom stereocenters. The summed E-state index contributed by atoms with van der Waals surface area (Å²) in [7, 11) is 0. The number of phenolic OH excluding ortho intramolecular Hbond substituents is 1. The van der Waals surface area contributed by atoms with Crippen molar-refractivity contribution in [3.8, 4) is 17.0 Å². The lowest BCUT2D eigenvalue weighted by molar-refractivity contribution is -0.0406. The van der Waals surface area contributed by atoms with E-state index in [1.54, 1.807) is 24.4 Å². The number of aromatic nitrogens is 4. The number of ether oxygens (including phenoxy) is 1. The van der Waals surface area contributed by atoms with E-state index in [2.05, 4.69) is 15.1 Å². The van der Waals surface area contributed by atoms with E-state index in [9.17, 15) is 5.11 Å². The third-order valence-corrected chi connectivity index (χ3v) is 4.27. The first kappa shape index (κ1) is 14.1. The molecule has 0 amide bonds. The van der Waals surface area contributed by atoms with Crippen molar-refractivity contribution in [2.75, 3.05) is 6.61 Å². The molecule has 3 aromatic rings. The number of rotatable bonds is 2. The zero-order valence-corrected chi connectivity index (χ0v) is 12.9. The number of fused-ring (bicyclic) bond motifs is 1. The van der Waals surface area contributed by atoms with Crippen molar-refractivity contribution in [3.63, 3.8) is 0 Å². The molecule has 0 bridgehead atoms. The van der Waals surface area contributed by atoms with Gasteiger partial charge in [-0.2, -0.15) is 5.10 Å². The Morgan fingerprint density at radius 1 is 1.22 bits per heavy atom. The van der Waals surface area contributed by atoms with Crippen molar-refractivity contribution < 1.29 is 9.84 Å². The van der Waals surface area contributed by atoms with Crippen LogP contribution in [0.3, 0.4) is 0 Å². The fourth-order valence-electron chi connectivity index (χ4n) is 3.01. The van der Waals surface area contributed by atoms with Gasteiger partial charge in [0.1, 0.15) is 12.0 Å². The van der Waals surface area contributed by atoms with Crippen LogP contribution in [-0.2, 0) is 4.74 Å². The maximum absolute atomic E-state index is 9.51. The highest BCUT2D eigenvalue weighted by atomic mass is 16.5. The molecule has 0 saturated carbocycles. The Morgan fingerprint density at radius 3 is 2.96 bits per heavy atom. The third kappa shape index (κ3) is 2.55. The Hall–Kier alpha value is -2.47. The lowest BCUT2D eigenvalue weighted by Crippen LogP contribution is -2.20. The SMILES string of the molecule is Cc1c(-c2cnc3cc(O)ccc3n2)cnn1C1CCCCO1. The number of benzene rings is 1. The van der Waals surface area contributed by atoms with Crippen molar-refractivity contribution in [1.29, 1.82) is 0 Å². The second-order valence-electron chi connectivity index (χ2n) is 5.84. The lowest BCUT2D eigenvalue weighted by atomic mass is 10.1. The van der Waals surface area contributed by atoms with Crippen LogP contribution >= 0.6 is 0 Å². The molecule has 1 fully saturated rings. The lowest BCUT2D eigenvalue weighted by Gasteiger charge is -2.24. The molecule has 1 unspecified atom stereocenters. The van der Waals surface area contributed by atoms with Crippen LogP contribution in [0.15, 0.2) is 30.6 Å². The zero-order valence-electron chi connectivity index (χ0n) is 12.9. The molecule has 1 saturated heterocycles. The molecular weight excluding hydrogens is 292 g/mol. The number of nitrogens with zero attached hydrogens (tertiary/aromatic N) is 4. The van der Waals surface area contributed by atoms with Crippen LogP contribution in [0.5, 0.6) is 5.75 Å². The quantitative estimate of drug-likeness (QED) is 0.787. The Bertz CT molecular complexity index is 853. The first-order chi connectivity index (χ1) is 11.2. The van der Waals surface area contributed by atoms with Gasteiger partial charge in [-0.25, -0.2) is 9.67 Å². The Labute approximate surface area is 133 Å². The molecule has 1 N–H and O–H groups in total. The smallest absolute Gasteiger partial charge is 0.150 e. The molecule has 1 aliphatic rings. The van der Waals surface area contributed by atoms with Crippen molar-refractivity contribution in [2.24, 2.45) is 0 Å². The molecule has 3 heterocycles. The molecule has 118 valence electrons. The van der Waals surface area contributed by atoms with Gasteiger partial charge in [0.25, 0.3) is 0 Å². The second kappa shape index (κ2) is 5.62. The molecule has 1 aromatic carbocycles. The van der Waals surface area contributed by atoms with Crippen LogP contribution in [0.2, 0.25) is 0 Å². The van der Waals surface area contributed by atoms with Crippen LogP contribution in [0.4, 0.5) is 0 Å². The maximum atomic E-state index is 9.51. The van der Waals surface area contributed by atoms with Crippen LogP contribution in [0.1, 0.15) is 31.2 Å². The van der Waals surface area contributed by atoms with Crippen molar-refractivity contribution in [1.82, 2.24) is 19.7 Å². The minimum absolute atomic E-state index is 0.0165. The average Bonchev–Trinajstić information content (AvgIpc) is 2.97. The van der Waals surface area contributed by atoms with Gasteiger partial charge in [0.15, 0.2) is 0 Å². The maximum Gasteiger partial charge on any atom is 0.150 e. The molecule has 23 heavy (non-hydrogen) atoms. The highest BCUT2D eigenvalue weighted by Gasteiger charge is 2.20. The first-order valence-electron chi connectivity index (χ1n) is 7.84. The molecule has 6 nitrogen and oxygen atoms in total. The van der Waals surface area contributed by atoms with Gasteiger partial charge in [-0.15, -0.1) is 0 Å². The van der Waals surface area contributed by atoms with Crippen LogP contribution in [0, 0.1) is 6.92 Å². The van der Waals surface area contributed by atoms with E-state index < -0.39 is 0 Å². The fraction of sp³-hybridized carbons (Fsp3) is 0.353. The van der Waals surface area contributed by atoms with Crippen molar-refractivity contribution in [3.05, 3.63) is 36.3 Å². The van der Waals surface area contributed by atoms with E-state index in [1.165, 1.54) is 6.42 Å². The van der Waals surface area contributed by atoms with Gasteiger partial charge in [-0.1, -0.05) is 0 Å². The highest BCUT2D eigenvalue weighted by molar-refractivity contribution is 5.78. The topological polar surface area (TPSA) is 73.1 Å². The van der Waals surface area contributed by atoms with Gasteiger partial charge in [-0.3, -0.25) is 4.98 Å². The monoisotopic (exact) mass is 310 g/mol. The molecule has 0 spiro atoms. The normalized spacial score (nSPS) is 18.4. The summed E-state index contributed by atoms with van der Waals surface area (Å²) in [6.07, 6.45) is 6.83. The minimum Gasteiger partial charge on any atom is -0.508 e. The van der Waals surface area contributed by atoms with Crippen LogP contribution in [-0.4, -0.2) is 31.5 Å². The molecule has 0 aliphatic carbocycles. The van der Waals surface area contributed by atoms with E-state index in [0.717, 1.165) is 41.9 Å². The van der Waals surface area contributed by atoms with Gasteiger partial charge >= 0.3 is 0 Å². The average molecular weight is 310 g/mol. The molecule has 6 heteroatoms. The van der Waals surface area contributed by atoms with E-state index in [4.69, 9.17) is 4.74 Å². The zero-order chi connectivity index (χ0) is 15.8. The summed E-state index contributed by atoms with van der Waals surface area (Å²) in [5, 5.41) is 14.0. The largest absolute Gasteiger partial charge is 0.508 e. The van der Waals surface area contributed by atoms with E-state index in [0.29, 0.717) is 5.52 Å². The van der Waals surface area contributed by atoms with E-state index in [-0.39, 0.29) is 12.0 Å². The molecule has 1 aliphatic heterocycles. The van der Waals surface area contributed by atoms with E-state index in [1.807, 2.05) is 17.8 Å². The fourth-order valence-corrected chi connectivity index (χ4v) is 3.01. The highest BCUT2D eigenvalue weighted by Crippen LogP contribution is 2.29. The van der Waals surface area contributed by atoms with Crippen LogP contribution in [0.25, 0.3) is 22.3 Å². The first-order valence-corrected chi connectivity index (χ1v) is 7.84. The van der Waals surface area contributed by atoms with Gasteiger partial charge in [0.05, 0.1) is 29.1 Å². The molecule has 0 radical (unpaired) electrons. The Kier molecular flexibility index (Phi) is 3.46. The van der Waals surface area contributed by atoms with Gasteiger partial charge < -0.3 is 9.84 Å². The van der Waals surface area contributed by atoms with Gasteiger partial charge in [0.2, 0.25) is 0 Å². The minimum atomic E-state index is 0.0165. The summed E-state index contributed by atoms with van der Waals surface area (Å²) in [6, 6.07) is 5.00. The second-order valence-corrected chi connectivity index (χ2v) is 5.84. The Balaban J connectivity index is 1.73. The molecular formula is C17H18N4O2. The third-order valence-electron chi connectivity index (χ3n) is 4.27. The summed E-state index contributed by atoms with van der Waals surface area (Å²) in [6.45, 7) is 2.82. The summed E-state index contributed by atoms with van der Waals surface area (Å²) in [5.74, 6) is 0.193. The number of phenols is 1. The summed E-state index contributed by atoms with van der Waals surface area (Å²) < 4.78 is 7.76. The number of hydrogen-bond acceptors (Lipinski definition) is 5. The molecule has 4 rings (SSSR count). The molecule has 2 aromatic heterocycles. The summed E-state index contributed by atoms with van der Waals surface area (Å²) in [5.41, 5.74) is 4.20. The number of hydrogen-bond donors (Lipinski definition) is 1. The summed E-state index contributed by atoms with van der Waals surface area (Å²) in [4.78, 5) is 9.03. The van der Waals surface area contributed by atoms with Crippen LogP contribution < -0.4 is 0 Å². The predicted octanol–water partition coefficient (Wildman–Crippen LogP) is 3.21. The van der Waals surface area contributed by atoms with E-state index >= 15 is 0 Å². The van der Waals surface area contributed by atoms with Gasteiger partial charge in [-0.05, 0) is 38.3 Å². The number of aromatic hydroxyl groups is 1.